The van der Waals surface area contributed by atoms with Crippen molar-refractivity contribution < 1.29 is 27.0 Å². The fourth-order valence-corrected chi connectivity index (χ4v) is 5.22. The minimum absolute atomic E-state index is 0.000463. The third kappa shape index (κ3) is 7.27. The molecule has 0 radical (unpaired) electrons. The van der Waals surface area contributed by atoms with Crippen LogP contribution in [0.4, 0.5) is 17.6 Å². The summed E-state index contributed by atoms with van der Waals surface area (Å²) < 4.78 is 64.8. The molecule has 1 aliphatic carbocycles. The largest absolute Gasteiger partial charge is 0.435 e. The quantitative estimate of drug-likeness (QED) is 0.187. The minimum Gasteiger partial charge on any atom is -0.435 e. The van der Waals surface area contributed by atoms with Gasteiger partial charge in [-0.25, -0.2) is 0 Å². The maximum Gasteiger partial charge on any atom is 0.426 e. The maximum absolute atomic E-state index is 15.2. The number of hydrogen-bond donors (Lipinski definition) is 0. The Morgan fingerprint density at radius 2 is 1.51 bits per heavy atom. The Balaban J connectivity index is 1.41. The van der Waals surface area contributed by atoms with Gasteiger partial charge in [0.05, 0.1) is 5.56 Å². The zero-order chi connectivity index (χ0) is 26.3. The van der Waals surface area contributed by atoms with E-state index in [4.69, 9.17) is 4.74 Å². The van der Waals surface area contributed by atoms with Gasteiger partial charge >= 0.3 is 12.7 Å². The minimum atomic E-state index is -3.54. The molecule has 0 aliphatic heterocycles. The average Bonchev–Trinajstić information content (AvgIpc) is 2.90. The van der Waals surface area contributed by atoms with E-state index >= 15 is 8.78 Å². The van der Waals surface area contributed by atoms with Crippen LogP contribution in [0.3, 0.4) is 0 Å². The molecule has 0 aromatic heterocycles. The lowest BCUT2D eigenvalue weighted by molar-refractivity contribution is -0.185. The van der Waals surface area contributed by atoms with Crippen molar-refractivity contribution in [3.63, 3.8) is 0 Å². The van der Waals surface area contributed by atoms with E-state index in [1.807, 2.05) is 12.1 Å². The normalized spacial score (nSPS) is 18.1. The molecule has 1 fully saturated rings. The van der Waals surface area contributed by atoms with Gasteiger partial charge in [-0.15, -0.1) is 0 Å². The fraction of sp³-hybridized carbons (Fsp3) is 0.419. The molecule has 6 heteroatoms. The molecule has 0 spiro atoms. The van der Waals surface area contributed by atoms with Gasteiger partial charge in [-0.1, -0.05) is 75.1 Å². The number of para-hydroxylation sites is 1. The molecular weight excluding hydrogens is 480 g/mol. The van der Waals surface area contributed by atoms with E-state index < -0.39 is 12.7 Å². The molecule has 1 aliphatic rings. The number of unbranched alkanes of at least 4 members (excludes halogenated alkanes) is 2. The van der Waals surface area contributed by atoms with Gasteiger partial charge in [-0.05, 0) is 79.0 Å². The summed E-state index contributed by atoms with van der Waals surface area (Å²) in [6.45, 7) is -0.708. The summed E-state index contributed by atoms with van der Waals surface area (Å²) in [5, 5.41) is 0. The summed E-state index contributed by atoms with van der Waals surface area (Å²) in [6.07, 6.45) is 6.25. The van der Waals surface area contributed by atoms with Crippen molar-refractivity contribution in [1.82, 2.24) is 0 Å². The summed E-state index contributed by atoms with van der Waals surface area (Å²) in [7, 11) is 0. The van der Waals surface area contributed by atoms with Gasteiger partial charge in [0.2, 0.25) is 0 Å². The van der Waals surface area contributed by atoms with Gasteiger partial charge in [0.25, 0.3) is 0 Å². The molecule has 0 atom stereocenters. The Hall–Kier alpha value is -3.02. The summed E-state index contributed by atoms with van der Waals surface area (Å²) in [6, 6.07) is 18.8. The predicted octanol–water partition coefficient (Wildman–Crippen LogP) is 9.94. The molecule has 1 saturated carbocycles. The first-order chi connectivity index (χ1) is 17.9. The molecule has 0 amide bonds. The summed E-state index contributed by atoms with van der Waals surface area (Å²) in [5.41, 5.74) is 1.88. The molecule has 0 bridgehead atoms. The van der Waals surface area contributed by atoms with Crippen LogP contribution in [0.25, 0.3) is 11.1 Å². The molecule has 3 aromatic rings. The second-order valence-corrected chi connectivity index (χ2v) is 9.85. The molecular formula is C31H34F4O2. The van der Waals surface area contributed by atoms with Crippen molar-refractivity contribution in [3.05, 3.63) is 83.9 Å². The van der Waals surface area contributed by atoms with Crippen molar-refractivity contribution in [2.24, 2.45) is 5.92 Å². The Morgan fingerprint density at radius 3 is 2.16 bits per heavy atom. The number of hydrogen-bond acceptors (Lipinski definition) is 2. The van der Waals surface area contributed by atoms with Gasteiger partial charge in [-0.2, -0.15) is 17.6 Å². The zero-order valence-electron chi connectivity index (χ0n) is 21.1. The lowest BCUT2D eigenvalue weighted by Gasteiger charge is -2.29. The lowest BCUT2D eigenvalue weighted by atomic mass is 9.77. The summed E-state index contributed by atoms with van der Waals surface area (Å²) in [4.78, 5) is 0. The van der Waals surface area contributed by atoms with Crippen molar-refractivity contribution in [2.45, 2.75) is 76.9 Å². The van der Waals surface area contributed by atoms with Gasteiger partial charge in [-0.3, -0.25) is 0 Å². The van der Waals surface area contributed by atoms with Crippen molar-refractivity contribution in [3.8, 4) is 22.6 Å². The number of benzene rings is 3. The Bertz CT molecular complexity index is 1100. The van der Waals surface area contributed by atoms with Crippen LogP contribution in [0.5, 0.6) is 11.5 Å². The average molecular weight is 515 g/mol. The van der Waals surface area contributed by atoms with Gasteiger partial charge in [0, 0.05) is 5.56 Å². The summed E-state index contributed by atoms with van der Waals surface area (Å²) in [5.74, 6) is 1.21. The Kier molecular flexibility index (Phi) is 9.12. The monoisotopic (exact) mass is 514 g/mol. The number of alkyl halides is 4. The van der Waals surface area contributed by atoms with E-state index in [-0.39, 0.29) is 17.1 Å². The van der Waals surface area contributed by atoms with Crippen LogP contribution in [-0.4, -0.2) is 6.61 Å². The SMILES string of the molecule is CCCCCC1CCC(c2ccc(C(F)(F)Oc3ccccc3-c3ccc(OC(F)F)cc3)cc2)CC1. The molecule has 198 valence electrons. The van der Waals surface area contributed by atoms with Crippen molar-refractivity contribution in [2.75, 3.05) is 0 Å². The van der Waals surface area contributed by atoms with Crippen LogP contribution in [-0.2, 0) is 6.11 Å². The predicted molar refractivity (Wildman–Crippen MR) is 138 cm³/mol. The van der Waals surface area contributed by atoms with Crippen molar-refractivity contribution in [1.29, 1.82) is 0 Å². The highest BCUT2D eigenvalue weighted by Gasteiger charge is 2.35. The second kappa shape index (κ2) is 12.5. The maximum atomic E-state index is 15.2. The smallest absolute Gasteiger partial charge is 0.426 e. The van der Waals surface area contributed by atoms with Crippen LogP contribution in [0.15, 0.2) is 72.8 Å². The highest BCUT2D eigenvalue weighted by molar-refractivity contribution is 5.71. The Labute approximate surface area is 216 Å². The van der Waals surface area contributed by atoms with E-state index in [0.717, 1.165) is 24.3 Å². The molecule has 0 saturated heterocycles. The van der Waals surface area contributed by atoms with Crippen LogP contribution in [0.1, 0.15) is 75.3 Å². The van der Waals surface area contributed by atoms with Gasteiger partial charge in [0.15, 0.2) is 0 Å². The third-order valence-corrected chi connectivity index (χ3v) is 7.30. The highest BCUT2D eigenvalue weighted by Crippen LogP contribution is 2.40. The lowest BCUT2D eigenvalue weighted by Crippen LogP contribution is -2.22. The molecule has 2 nitrogen and oxygen atoms in total. The topological polar surface area (TPSA) is 18.5 Å². The number of halogens is 4. The first-order valence-electron chi connectivity index (χ1n) is 13.2. The van der Waals surface area contributed by atoms with E-state index in [1.54, 1.807) is 18.2 Å². The van der Waals surface area contributed by atoms with E-state index in [2.05, 4.69) is 11.7 Å². The molecule has 0 N–H and O–H groups in total. The number of rotatable bonds is 11. The van der Waals surface area contributed by atoms with Crippen molar-refractivity contribution >= 4 is 0 Å². The highest BCUT2D eigenvalue weighted by atomic mass is 19.3. The molecule has 4 rings (SSSR count). The molecule has 0 heterocycles. The van der Waals surface area contributed by atoms with E-state index in [9.17, 15) is 8.78 Å². The summed E-state index contributed by atoms with van der Waals surface area (Å²) >= 11 is 0. The molecule has 0 unspecified atom stereocenters. The van der Waals surface area contributed by atoms with E-state index in [0.29, 0.717) is 17.0 Å². The third-order valence-electron chi connectivity index (χ3n) is 7.30. The molecule has 37 heavy (non-hydrogen) atoms. The van der Waals surface area contributed by atoms with Crippen LogP contribution < -0.4 is 9.47 Å². The molecule has 3 aromatic carbocycles. The van der Waals surface area contributed by atoms with Crippen LogP contribution >= 0.6 is 0 Å². The zero-order valence-corrected chi connectivity index (χ0v) is 21.1. The standard InChI is InChI=1S/C31H34F4O2/c1-2-3-4-7-22-10-12-23(13-11-22)24-14-18-26(19-15-24)31(34,35)37-29-9-6-5-8-28(29)25-16-20-27(21-17-25)36-30(32)33/h5-6,8-9,14-23,30H,2-4,7,10-13H2,1H3. The number of ether oxygens (including phenoxy) is 2. The van der Waals surface area contributed by atoms with E-state index in [1.165, 1.54) is 81.0 Å². The second-order valence-electron chi connectivity index (χ2n) is 9.85. The van der Waals surface area contributed by atoms with Gasteiger partial charge < -0.3 is 9.47 Å². The first-order valence-corrected chi connectivity index (χ1v) is 13.2. The fourth-order valence-electron chi connectivity index (χ4n) is 5.22. The van der Waals surface area contributed by atoms with Crippen LogP contribution in [0.2, 0.25) is 0 Å². The van der Waals surface area contributed by atoms with Crippen LogP contribution in [0, 0.1) is 5.92 Å². The first kappa shape index (κ1) is 27.0. The Morgan fingerprint density at radius 1 is 0.838 bits per heavy atom. The van der Waals surface area contributed by atoms with Gasteiger partial charge in [0.1, 0.15) is 11.5 Å².